The van der Waals surface area contributed by atoms with Crippen molar-refractivity contribution in [2.75, 3.05) is 14.2 Å². The molecule has 1 unspecified atom stereocenters. The van der Waals surface area contributed by atoms with Crippen LogP contribution in [-0.4, -0.2) is 31.2 Å². The lowest BCUT2D eigenvalue weighted by atomic mass is 9.97. The molecule has 3 nitrogen and oxygen atoms in total. The van der Waals surface area contributed by atoms with Gasteiger partial charge in [-0.1, -0.05) is 6.92 Å². The fourth-order valence-electron chi connectivity index (χ4n) is 1.78. The molecule has 1 aromatic heterocycles. The SMILES string of the molecule is CCc1ccc(CC(C)(O)CC(OC)OC)s1. The van der Waals surface area contributed by atoms with Crippen LogP contribution in [0.4, 0.5) is 0 Å². The summed E-state index contributed by atoms with van der Waals surface area (Å²) in [5, 5.41) is 10.3. The van der Waals surface area contributed by atoms with E-state index >= 15 is 0 Å². The Bertz CT molecular complexity index is 329. The van der Waals surface area contributed by atoms with Crippen LogP contribution in [0.5, 0.6) is 0 Å². The molecule has 1 heterocycles. The molecule has 17 heavy (non-hydrogen) atoms. The van der Waals surface area contributed by atoms with Gasteiger partial charge in [0.05, 0.1) is 5.60 Å². The predicted octanol–water partition coefficient (Wildman–Crippen LogP) is 2.61. The number of rotatable bonds is 7. The van der Waals surface area contributed by atoms with Crippen molar-refractivity contribution >= 4 is 11.3 Å². The fourth-order valence-corrected chi connectivity index (χ4v) is 2.91. The normalized spacial score (nSPS) is 15.2. The van der Waals surface area contributed by atoms with E-state index in [1.54, 1.807) is 25.6 Å². The summed E-state index contributed by atoms with van der Waals surface area (Å²) in [7, 11) is 3.18. The van der Waals surface area contributed by atoms with E-state index in [0.29, 0.717) is 12.8 Å². The average molecular weight is 258 g/mol. The molecule has 98 valence electrons. The number of hydrogen-bond donors (Lipinski definition) is 1. The van der Waals surface area contributed by atoms with Crippen LogP contribution in [0.2, 0.25) is 0 Å². The van der Waals surface area contributed by atoms with E-state index in [4.69, 9.17) is 9.47 Å². The number of methoxy groups -OCH3 is 2. The van der Waals surface area contributed by atoms with Crippen LogP contribution in [0.25, 0.3) is 0 Å². The molecular weight excluding hydrogens is 236 g/mol. The third kappa shape index (κ3) is 4.76. The van der Waals surface area contributed by atoms with Gasteiger partial charge in [-0.3, -0.25) is 0 Å². The van der Waals surface area contributed by atoms with Crippen molar-refractivity contribution in [2.45, 2.75) is 45.0 Å². The summed E-state index contributed by atoms with van der Waals surface area (Å²) in [6, 6.07) is 4.22. The first kappa shape index (κ1) is 14.6. The second-order valence-corrected chi connectivity index (χ2v) is 5.75. The maximum atomic E-state index is 10.3. The van der Waals surface area contributed by atoms with Gasteiger partial charge < -0.3 is 14.6 Å². The van der Waals surface area contributed by atoms with Crippen LogP contribution >= 0.6 is 11.3 Å². The van der Waals surface area contributed by atoms with Crippen LogP contribution in [0.3, 0.4) is 0 Å². The van der Waals surface area contributed by atoms with Crippen LogP contribution in [0, 0.1) is 0 Å². The van der Waals surface area contributed by atoms with E-state index in [1.165, 1.54) is 9.75 Å². The van der Waals surface area contributed by atoms with Crippen molar-refractivity contribution in [1.82, 2.24) is 0 Å². The van der Waals surface area contributed by atoms with Crippen LogP contribution in [0.15, 0.2) is 12.1 Å². The van der Waals surface area contributed by atoms with Gasteiger partial charge in [0.2, 0.25) is 0 Å². The summed E-state index contributed by atoms with van der Waals surface area (Å²) in [4.78, 5) is 2.56. The minimum atomic E-state index is -0.799. The Morgan fingerprint density at radius 1 is 1.29 bits per heavy atom. The van der Waals surface area contributed by atoms with E-state index in [1.807, 2.05) is 6.92 Å². The van der Waals surface area contributed by atoms with Gasteiger partial charge in [0.25, 0.3) is 0 Å². The smallest absolute Gasteiger partial charge is 0.159 e. The second kappa shape index (κ2) is 6.50. The maximum absolute atomic E-state index is 10.3. The third-order valence-corrected chi connectivity index (χ3v) is 3.98. The number of thiophene rings is 1. The standard InChI is InChI=1S/C13H22O3S/c1-5-10-6-7-11(17-10)8-13(2,14)9-12(15-3)16-4/h6-7,12,14H,5,8-9H2,1-4H3. The minimum Gasteiger partial charge on any atom is -0.390 e. The van der Waals surface area contributed by atoms with Crippen molar-refractivity contribution in [3.63, 3.8) is 0 Å². The van der Waals surface area contributed by atoms with Crippen LogP contribution < -0.4 is 0 Å². The summed E-state index contributed by atoms with van der Waals surface area (Å²) in [5.74, 6) is 0. The molecule has 0 aliphatic rings. The summed E-state index contributed by atoms with van der Waals surface area (Å²) in [5.41, 5.74) is -0.799. The lowest BCUT2D eigenvalue weighted by molar-refractivity contribution is -0.139. The first-order chi connectivity index (χ1) is 8.00. The highest BCUT2D eigenvalue weighted by atomic mass is 32.1. The molecule has 1 N–H and O–H groups in total. The molecule has 1 atom stereocenters. The summed E-state index contributed by atoms with van der Waals surface area (Å²) in [6.07, 6.45) is 1.81. The number of ether oxygens (including phenoxy) is 2. The number of aliphatic hydroxyl groups is 1. The van der Waals surface area contributed by atoms with Gasteiger partial charge in [0.15, 0.2) is 6.29 Å². The molecule has 0 aromatic carbocycles. The Hall–Kier alpha value is -0.420. The van der Waals surface area contributed by atoms with Crippen LogP contribution in [-0.2, 0) is 22.3 Å². The van der Waals surface area contributed by atoms with Crippen molar-refractivity contribution < 1.29 is 14.6 Å². The van der Waals surface area contributed by atoms with Gasteiger partial charge in [-0.2, -0.15) is 0 Å². The van der Waals surface area contributed by atoms with Gasteiger partial charge in [-0.05, 0) is 25.5 Å². The summed E-state index contributed by atoms with van der Waals surface area (Å²) in [6.45, 7) is 3.96. The van der Waals surface area contributed by atoms with E-state index < -0.39 is 5.60 Å². The van der Waals surface area contributed by atoms with Crippen molar-refractivity contribution in [1.29, 1.82) is 0 Å². The molecule has 1 aromatic rings. The molecule has 0 spiro atoms. The third-order valence-electron chi connectivity index (χ3n) is 2.75. The fraction of sp³-hybridized carbons (Fsp3) is 0.692. The zero-order valence-corrected chi connectivity index (χ0v) is 11.8. The van der Waals surface area contributed by atoms with Gasteiger partial charge in [0.1, 0.15) is 0 Å². The van der Waals surface area contributed by atoms with Gasteiger partial charge >= 0.3 is 0 Å². The van der Waals surface area contributed by atoms with E-state index in [0.717, 1.165) is 6.42 Å². The first-order valence-electron chi connectivity index (χ1n) is 5.86. The lowest BCUT2D eigenvalue weighted by Gasteiger charge is -2.26. The zero-order valence-electron chi connectivity index (χ0n) is 11.0. The van der Waals surface area contributed by atoms with E-state index in [9.17, 15) is 5.11 Å². The summed E-state index contributed by atoms with van der Waals surface area (Å²) < 4.78 is 10.2. The Balaban J connectivity index is 2.58. The molecule has 0 aliphatic heterocycles. The molecule has 1 rings (SSSR count). The van der Waals surface area contributed by atoms with Gasteiger partial charge in [-0.25, -0.2) is 0 Å². The molecule has 0 aliphatic carbocycles. The highest BCUT2D eigenvalue weighted by Crippen LogP contribution is 2.25. The van der Waals surface area contributed by atoms with Crippen molar-refractivity contribution in [3.05, 3.63) is 21.9 Å². The maximum Gasteiger partial charge on any atom is 0.159 e. The highest BCUT2D eigenvalue weighted by molar-refractivity contribution is 7.12. The van der Waals surface area contributed by atoms with E-state index in [2.05, 4.69) is 19.1 Å². The number of hydrogen-bond acceptors (Lipinski definition) is 4. The lowest BCUT2D eigenvalue weighted by Crippen LogP contribution is -2.33. The monoisotopic (exact) mass is 258 g/mol. The Labute approximate surface area is 107 Å². The molecule has 0 saturated carbocycles. The Kier molecular flexibility index (Phi) is 5.59. The van der Waals surface area contributed by atoms with Gasteiger partial charge in [0, 0.05) is 36.8 Å². The highest BCUT2D eigenvalue weighted by Gasteiger charge is 2.26. The largest absolute Gasteiger partial charge is 0.390 e. The van der Waals surface area contributed by atoms with Crippen LogP contribution in [0.1, 0.15) is 30.0 Å². The Morgan fingerprint density at radius 2 is 1.88 bits per heavy atom. The molecular formula is C13H22O3S. The minimum absolute atomic E-state index is 0.351. The van der Waals surface area contributed by atoms with E-state index in [-0.39, 0.29) is 6.29 Å². The molecule has 0 saturated heterocycles. The average Bonchev–Trinajstić information content (AvgIpc) is 2.72. The molecule has 4 heteroatoms. The molecule has 0 radical (unpaired) electrons. The predicted molar refractivity (Wildman–Crippen MR) is 70.4 cm³/mol. The quantitative estimate of drug-likeness (QED) is 0.764. The van der Waals surface area contributed by atoms with Crippen molar-refractivity contribution in [2.24, 2.45) is 0 Å². The second-order valence-electron chi connectivity index (χ2n) is 4.50. The first-order valence-corrected chi connectivity index (χ1v) is 6.68. The zero-order chi connectivity index (χ0) is 12.9. The molecule has 0 fully saturated rings. The molecule has 0 bridgehead atoms. The summed E-state index contributed by atoms with van der Waals surface area (Å²) >= 11 is 1.76. The molecule has 0 amide bonds. The topological polar surface area (TPSA) is 38.7 Å². The van der Waals surface area contributed by atoms with Crippen molar-refractivity contribution in [3.8, 4) is 0 Å². The Morgan fingerprint density at radius 3 is 2.35 bits per heavy atom. The number of aryl methyl sites for hydroxylation is 1. The van der Waals surface area contributed by atoms with Gasteiger partial charge in [-0.15, -0.1) is 11.3 Å².